The Hall–Kier alpha value is -4.90. The van der Waals surface area contributed by atoms with Gasteiger partial charge in [0, 0.05) is 32.9 Å². The Balaban J connectivity index is 1.09. The lowest BCUT2D eigenvalue weighted by atomic mass is 9.80. The van der Waals surface area contributed by atoms with Crippen molar-refractivity contribution in [2.75, 3.05) is 0 Å². The van der Waals surface area contributed by atoms with Crippen molar-refractivity contribution in [3.8, 4) is 17.2 Å². The van der Waals surface area contributed by atoms with Gasteiger partial charge in [-0.1, -0.05) is 107 Å². The second-order valence-corrected chi connectivity index (χ2v) is 14.3. The average Bonchev–Trinajstić information content (AvgIpc) is 3.71. The first kappa shape index (κ1) is 30.7. The van der Waals surface area contributed by atoms with Crippen LogP contribution in [0.2, 0.25) is 0 Å². The molecule has 0 amide bonds. The van der Waals surface area contributed by atoms with Crippen LogP contribution in [0.3, 0.4) is 0 Å². The summed E-state index contributed by atoms with van der Waals surface area (Å²) in [7, 11) is 0. The Labute approximate surface area is 277 Å². The van der Waals surface area contributed by atoms with Crippen molar-refractivity contribution in [1.82, 2.24) is 14.8 Å². The van der Waals surface area contributed by atoms with Gasteiger partial charge in [0.1, 0.15) is 12.4 Å². The van der Waals surface area contributed by atoms with E-state index in [0.29, 0.717) is 29.7 Å². The highest BCUT2D eigenvalue weighted by atomic mass is 16.5. The molecule has 2 heterocycles. The van der Waals surface area contributed by atoms with Crippen molar-refractivity contribution in [2.24, 2.45) is 5.41 Å². The van der Waals surface area contributed by atoms with E-state index in [0.717, 1.165) is 35.3 Å². The largest absolute Gasteiger partial charge is 0.489 e. The van der Waals surface area contributed by atoms with Gasteiger partial charge in [0.15, 0.2) is 0 Å². The highest BCUT2D eigenvalue weighted by Crippen LogP contribution is 2.40. The van der Waals surface area contributed by atoms with Crippen molar-refractivity contribution in [2.45, 2.75) is 71.9 Å². The molecule has 0 fully saturated rings. The Morgan fingerprint density at radius 1 is 0.851 bits per heavy atom. The van der Waals surface area contributed by atoms with E-state index >= 15 is 0 Å². The molecular formula is C42H43N3O2. The molecule has 1 aliphatic carbocycles. The van der Waals surface area contributed by atoms with Gasteiger partial charge < -0.3 is 13.7 Å². The van der Waals surface area contributed by atoms with Crippen molar-refractivity contribution in [3.63, 3.8) is 0 Å². The number of aromatic nitrogens is 3. The molecule has 47 heavy (non-hydrogen) atoms. The lowest BCUT2D eigenvalue weighted by Gasteiger charge is -2.32. The van der Waals surface area contributed by atoms with Gasteiger partial charge in [-0.15, -0.1) is 10.2 Å². The smallest absolute Gasteiger partial charge is 0.248 e. The van der Waals surface area contributed by atoms with E-state index in [1.54, 1.807) is 0 Å². The number of allylic oxidation sites excluding steroid dienone is 4. The normalized spacial score (nSPS) is 17.3. The predicted molar refractivity (Wildman–Crippen MR) is 192 cm³/mol. The maximum absolute atomic E-state index is 6.29. The topological polar surface area (TPSA) is 53.1 Å². The maximum Gasteiger partial charge on any atom is 0.248 e. The maximum atomic E-state index is 6.29. The predicted octanol–water partition coefficient (Wildman–Crippen LogP) is 11.1. The minimum atomic E-state index is -0.308. The molecule has 5 nitrogen and oxygen atoms in total. The molecule has 5 heteroatoms. The van der Waals surface area contributed by atoms with Crippen LogP contribution in [0.4, 0.5) is 0 Å². The number of para-hydroxylation sites is 2. The summed E-state index contributed by atoms with van der Waals surface area (Å²) < 4.78 is 14.9. The minimum absolute atomic E-state index is 0.308. The van der Waals surface area contributed by atoms with Gasteiger partial charge in [0.2, 0.25) is 11.8 Å². The fourth-order valence-electron chi connectivity index (χ4n) is 7.09. The zero-order valence-electron chi connectivity index (χ0n) is 28.0. The summed E-state index contributed by atoms with van der Waals surface area (Å²) in [5.41, 5.74) is 6.73. The van der Waals surface area contributed by atoms with Gasteiger partial charge in [-0.05, 0) is 85.1 Å². The molecule has 6 aromatic rings. The SMILES string of the molecule is CCC(CC(C)(C)C)c1ccc(COc2cccc(-c3nnc(C4=CC(C)(n5c6ccccc6c6ccccc65)CC=C4)o3)c2)cc1. The van der Waals surface area contributed by atoms with Crippen LogP contribution in [-0.4, -0.2) is 14.8 Å². The zero-order valence-corrected chi connectivity index (χ0v) is 28.0. The van der Waals surface area contributed by atoms with Crippen LogP contribution in [-0.2, 0) is 12.1 Å². The highest BCUT2D eigenvalue weighted by Gasteiger charge is 2.30. The molecule has 0 saturated heterocycles. The van der Waals surface area contributed by atoms with E-state index in [4.69, 9.17) is 9.15 Å². The molecule has 2 atom stereocenters. The molecule has 238 valence electrons. The fourth-order valence-corrected chi connectivity index (χ4v) is 7.09. The monoisotopic (exact) mass is 621 g/mol. The van der Waals surface area contributed by atoms with Gasteiger partial charge in [0.05, 0.1) is 5.54 Å². The summed E-state index contributed by atoms with van der Waals surface area (Å²) in [5, 5.41) is 11.4. The first-order chi connectivity index (χ1) is 22.7. The zero-order chi connectivity index (χ0) is 32.6. The van der Waals surface area contributed by atoms with E-state index in [2.05, 4.69) is 140 Å². The third-order valence-corrected chi connectivity index (χ3v) is 9.35. The van der Waals surface area contributed by atoms with Crippen LogP contribution in [0.15, 0.2) is 120 Å². The molecular weight excluding hydrogens is 578 g/mol. The Morgan fingerprint density at radius 2 is 1.53 bits per heavy atom. The molecule has 0 saturated carbocycles. The number of rotatable bonds is 9. The molecule has 0 bridgehead atoms. The number of ether oxygens (including phenoxy) is 1. The molecule has 4 aromatic carbocycles. The van der Waals surface area contributed by atoms with E-state index < -0.39 is 0 Å². The highest BCUT2D eigenvalue weighted by molar-refractivity contribution is 6.08. The second kappa shape index (κ2) is 12.4. The van der Waals surface area contributed by atoms with Crippen LogP contribution < -0.4 is 4.74 Å². The standard InChI is InChI=1S/C42H43N3O2/c1-6-30(26-41(2,3)4)31-22-20-29(21-23-31)28-46-34-15-11-13-32(25-34)39-43-44-40(47-39)33-14-12-24-42(5,27-33)45-37-18-9-7-16-35(37)36-17-8-10-19-38(36)45/h7-23,25,27,30H,6,24,26,28H2,1-5H3. The van der Waals surface area contributed by atoms with Crippen LogP contribution in [0.25, 0.3) is 38.8 Å². The van der Waals surface area contributed by atoms with Crippen molar-refractivity contribution in [1.29, 1.82) is 0 Å². The summed E-state index contributed by atoms with van der Waals surface area (Å²) in [4.78, 5) is 0. The summed E-state index contributed by atoms with van der Waals surface area (Å²) in [5.74, 6) is 2.31. The molecule has 2 aromatic heterocycles. The Morgan fingerprint density at radius 3 is 2.21 bits per heavy atom. The second-order valence-electron chi connectivity index (χ2n) is 14.3. The quantitative estimate of drug-likeness (QED) is 0.161. The third kappa shape index (κ3) is 6.27. The molecule has 7 rings (SSSR count). The molecule has 0 spiro atoms. The number of hydrogen-bond donors (Lipinski definition) is 0. The number of hydrogen-bond acceptors (Lipinski definition) is 4. The molecule has 0 N–H and O–H groups in total. The third-order valence-electron chi connectivity index (χ3n) is 9.35. The first-order valence-corrected chi connectivity index (χ1v) is 16.7. The van der Waals surface area contributed by atoms with Gasteiger partial charge >= 0.3 is 0 Å². The number of fused-ring (bicyclic) bond motifs is 3. The summed E-state index contributed by atoms with van der Waals surface area (Å²) in [6, 6.07) is 34.0. The van der Waals surface area contributed by atoms with Crippen LogP contribution in [0.5, 0.6) is 5.75 Å². The first-order valence-electron chi connectivity index (χ1n) is 16.7. The molecule has 0 aliphatic heterocycles. The Bertz CT molecular complexity index is 2040. The summed E-state index contributed by atoms with van der Waals surface area (Å²) in [6.45, 7) is 12.0. The van der Waals surface area contributed by atoms with E-state index in [9.17, 15) is 0 Å². The average molecular weight is 622 g/mol. The molecule has 2 unspecified atom stereocenters. The van der Waals surface area contributed by atoms with Crippen LogP contribution in [0, 0.1) is 5.41 Å². The van der Waals surface area contributed by atoms with Crippen molar-refractivity contribution >= 4 is 27.4 Å². The van der Waals surface area contributed by atoms with Gasteiger partial charge in [-0.3, -0.25) is 0 Å². The number of benzene rings is 4. The fraction of sp³-hybridized carbons (Fsp3) is 0.286. The lowest BCUT2D eigenvalue weighted by molar-refractivity contribution is 0.306. The van der Waals surface area contributed by atoms with Gasteiger partial charge in [-0.25, -0.2) is 0 Å². The van der Waals surface area contributed by atoms with Gasteiger partial charge in [0.25, 0.3) is 0 Å². The van der Waals surface area contributed by atoms with Crippen molar-refractivity contribution < 1.29 is 9.15 Å². The van der Waals surface area contributed by atoms with E-state index in [1.807, 2.05) is 24.3 Å². The summed E-state index contributed by atoms with van der Waals surface area (Å²) in [6.07, 6.45) is 9.74. The van der Waals surface area contributed by atoms with Crippen LogP contribution in [0.1, 0.15) is 76.8 Å². The minimum Gasteiger partial charge on any atom is -0.489 e. The van der Waals surface area contributed by atoms with Crippen molar-refractivity contribution in [3.05, 3.63) is 132 Å². The van der Waals surface area contributed by atoms with Gasteiger partial charge in [-0.2, -0.15) is 0 Å². The number of nitrogens with zero attached hydrogens (tertiary/aromatic N) is 3. The summed E-state index contributed by atoms with van der Waals surface area (Å²) >= 11 is 0. The lowest BCUT2D eigenvalue weighted by Crippen LogP contribution is -2.28. The Kier molecular flexibility index (Phi) is 8.09. The molecule has 1 aliphatic rings. The van der Waals surface area contributed by atoms with Crippen LogP contribution >= 0.6 is 0 Å². The van der Waals surface area contributed by atoms with E-state index in [-0.39, 0.29) is 5.54 Å². The molecule has 0 radical (unpaired) electrons. The van der Waals surface area contributed by atoms with E-state index in [1.165, 1.54) is 33.8 Å².